The van der Waals surface area contributed by atoms with Gasteiger partial charge in [0.25, 0.3) is 5.91 Å². The monoisotopic (exact) mass is 489 g/mol. The molecule has 0 aromatic heterocycles. The molecule has 3 rings (SSSR count). The van der Waals surface area contributed by atoms with E-state index >= 15 is 0 Å². The zero-order valence-corrected chi connectivity index (χ0v) is 22.6. The number of carbonyl (C=O) groups excluding carboxylic acids is 2. The second-order valence-corrected chi connectivity index (χ2v) is 10.9. The summed E-state index contributed by atoms with van der Waals surface area (Å²) in [5.74, 6) is 0.741. The number of nitrogens with one attached hydrogen (secondary N) is 1. The van der Waals surface area contributed by atoms with Gasteiger partial charge in [-0.1, -0.05) is 103 Å². The molecule has 3 aliphatic heterocycles. The highest BCUT2D eigenvalue weighted by atomic mass is 16.2. The van der Waals surface area contributed by atoms with E-state index in [1.165, 1.54) is 109 Å². The smallest absolute Gasteiger partial charge is 0.325 e. The van der Waals surface area contributed by atoms with E-state index in [0.717, 1.165) is 32.0 Å². The summed E-state index contributed by atoms with van der Waals surface area (Å²) in [5.41, 5.74) is 0. The molecule has 2 atom stereocenters. The molecule has 3 amide bonds. The van der Waals surface area contributed by atoms with Crippen LogP contribution >= 0.6 is 0 Å². The number of likely N-dealkylation sites (N-methyl/N-ethyl adjacent to an activating group) is 1. The van der Waals surface area contributed by atoms with Gasteiger partial charge in [0.2, 0.25) is 0 Å². The Balaban J connectivity index is 1.36. The fourth-order valence-electron chi connectivity index (χ4n) is 5.76. The molecule has 7 heteroatoms. The third-order valence-electron chi connectivity index (χ3n) is 7.98. The molecular formula is C28H51N5O2. The molecule has 0 aromatic rings. The zero-order chi connectivity index (χ0) is 24.9. The van der Waals surface area contributed by atoms with Gasteiger partial charge in [0.15, 0.2) is 18.2 Å². The van der Waals surface area contributed by atoms with Gasteiger partial charge in [-0.2, -0.15) is 0 Å². The number of amides is 3. The molecule has 3 heterocycles. The number of urea groups is 1. The number of unbranched alkanes of at least 4 members (excludes halogenated alkanes) is 13. The van der Waals surface area contributed by atoms with Gasteiger partial charge in [-0.3, -0.25) is 10.1 Å². The highest BCUT2D eigenvalue weighted by molar-refractivity contribution is 6.03. The van der Waals surface area contributed by atoms with E-state index < -0.39 is 12.2 Å². The molecule has 2 fully saturated rings. The summed E-state index contributed by atoms with van der Waals surface area (Å²) < 4.78 is 0. The first kappa shape index (κ1) is 27.8. The van der Waals surface area contributed by atoms with Crippen molar-refractivity contribution in [2.45, 2.75) is 135 Å². The van der Waals surface area contributed by atoms with E-state index in [1.54, 1.807) is 11.9 Å². The Bertz CT molecular complexity index is 674. The Hall–Kier alpha value is -1.79. The Morgan fingerprint density at radius 1 is 0.771 bits per heavy atom. The van der Waals surface area contributed by atoms with E-state index in [2.05, 4.69) is 22.0 Å². The van der Waals surface area contributed by atoms with Crippen LogP contribution in [0.15, 0.2) is 4.99 Å². The molecule has 0 saturated carbocycles. The Morgan fingerprint density at radius 2 is 1.29 bits per heavy atom. The fourth-order valence-corrected chi connectivity index (χ4v) is 5.76. The maximum atomic E-state index is 12.8. The first-order valence-corrected chi connectivity index (χ1v) is 14.8. The number of hydrogen-bond donors (Lipinski definition) is 1. The minimum atomic E-state index is -0.402. The SMILES string of the molecule is CCCCCCCCCCCCCCCCN1C(N2CCCCCC2)=NC2C1C(=O)NC(=O)N2C. The van der Waals surface area contributed by atoms with Crippen molar-refractivity contribution in [3.05, 3.63) is 0 Å². The molecule has 0 aliphatic carbocycles. The zero-order valence-electron chi connectivity index (χ0n) is 22.6. The lowest BCUT2D eigenvalue weighted by Crippen LogP contribution is -2.64. The third-order valence-corrected chi connectivity index (χ3v) is 7.98. The first-order valence-electron chi connectivity index (χ1n) is 14.8. The van der Waals surface area contributed by atoms with Crippen LogP contribution in [0.5, 0.6) is 0 Å². The summed E-state index contributed by atoms with van der Waals surface area (Å²) in [6.45, 7) is 5.10. The second kappa shape index (κ2) is 15.4. The van der Waals surface area contributed by atoms with Crippen LogP contribution in [0.2, 0.25) is 0 Å². The molecule has 0 aromatic carbocycles. The number of fused-ring (bicyclic) bond motifs is 1. The van der Waals surface area contributed by atoms with E-state index in [-0.39, 0.29) is 11.9 Å². The predicted molar refractivity (Wildman–Crippen MR) is 143 cm³/mol. The van der Waals surface area contributed by atoms with Gasteiger partial charge < -0.3 is 14.7 Å². The van der Waals surface area contributed by atoms with Crippen molar-refractivity contribution in [1.82, 2.24) is 20.0 Å². The van der Waals surface area contributed by atoms with Gasteiger partial charge in [-0.05, 0) is 19.3 Å². The molecule has 35 heavy (non-hydrogen) atoms. The minimum absolute atomic E-state index is 0.197. The van der Waals surface area contributed by atoms with Gasteiger partial charge in [-0.25, -0.2) is 9.79 Å². The molecule has 0 spiro atoms. The van der Waals surface area contributed by atoms with Gasteiger partial charge >= 0.3 is 6.03 Å². The van der Waals surface area contributed by atoms with E-state index in [9.17, 15) is 9.59 Å². The lowest BCUT2D eigenvalue weighted by Gasteiger charge is -2.37. The van der Waals surface area contributed by atoms with Crippen molar-refractivity contribution in [2.75, 3.05) is 26.7 Å². The van der Waals surface area contributed by atoms with Crippen LogP contribution in [0.1, 0.15) is 122 Å². The summed E-state index contributed by atoms with van der Waals surface area (Å²) in [6.07, 6.45) is 23.2. The molecule has 0 bridgehead atoms. The highest BCUT2D eigenvalue weighted by Crippen LogP contribution is 2.27. The number of imide groups is 1. The molecule has 0 radical (unpaired) electrons. The number of hydrogen-bond acceptors (Lipinski definition) is 5. The average molecular weight is 490 g/mol. The average Bonchev–Trinajstić information content (AvgIpc) is 3.03. The van der Waals surface area contributed by atoms with Gasteiger partial charge in [0, 0.05) is 26.7 Å². The van der Waals surface area contributed by atoms with Gasteiger partial charge in [0.05, 0.1) is 0 Å². The number of aliphatic imine (C=N–C) groups is 1. The third kappa shape index (κ3) is 8.38. The number of rotatable bonds is 15. The maximum absolute atomic E-state index is 12.8. The summed E-state index contributed by atoms with van der Waals surface area (Å²) in [7, 11) is 1.75. The molecule has 7 nitrogen and oxygen atoms in total. The molecule has 200 valence electrons. The van der Waals surface area contributed by atoms with Gasteiger partial charge in [-0.15, -0.1) is 0 Å². The van der Waals surface area contributed by atoms with Crippen molar-refractivity contribution < 1.29 is 9.59 Å². The Morgan fingerprint density at radius 3 is 1.83 bits per heavy atom. The van der Waals surface area contributed by atoms with E-state index in [0.29, 0.717) is 0 Å². The first-order chi connectivity index (χ1) is 17.1. The number of nitrogens with zero attached hydrogens (tertiary/aromatic N) is 4. The molecule has 2 unspecified atom stereocenters. The predicted octanol–water partition coefficient (Wildman–Crippen LogP) is 5.89. The van der Waals surface area contributed by atoms with Crippen molar-refractivity contribution in [3.8, 4) is 0 Å². The summed E-state index contributed by atoms with van der Waals surface area (Å²) >= 11 is 0. The lowest BCUT2D eigenvalue weighted by atomic mass is 10.0. The van der Waals surface area contributed by atoms with Crippen molar-refractivity contribution in [2.24, 2.45) is 4.99 Å². The van der Waals surface area contributed by atoms with E-state index in [1.807, 2.05) is 0 Å². The van der Waals surface area contributed by atoms with Gasteiger partial charge in [0.1, 0.15) is 0 Å². The van der Waals surface area contributed by atoms with Crippen molar-refractivity contribution in [3.63, 3.8) is 0 Å². The summed E-state index contributed by atoms with van der Waals surface area (Å²) in [4.78, 5) is 36.1. The molecule has 3 aliphatic rings. The Labute approximate surface area is 214 Å². The van der Waals surface area contributed by atoms with Crippen molar-refractivity contribution in [1.29, 1.82) is 0 Å². The summed E-state index contributed by atoms with van der Waals surface area (Å²) in [6, 6.07) is -0.730. The quantitative estimate of drug-likeness (QED) is 0.291. The van der Waals surface area contributed by atoms with Crippen LogP contribution in [0, 0.1) is 0 Å². The normalized spacial score (nSPS) is 22.8. The van der Waals surface area contributed by atoms with Crippen LogP contribution in [-0.2, 0) is 4.79 Å². The summed E-state index contributed by atoms with van der Waals surface area (Å²) in [5, 5.41) is 2.53. The molecule has 1 N–H and O–H groups in total. The van der Waals surface area contributed by atoms with Crippen LogP contribution < -0.4 is 5.32 Å². The fraction of sp³-hybridized carbons (Fsp3) is 0.893. The maximum Gasteiger partial charge on any atom is 0.325 e. The number of likely N-dealkylation sites (tertiary alicyclic amines) is 1. The van der Waals surface area contributed by atoms with Crippen LogP contribution in [-0.4, -0.2) is 71.5 Å². The van der Waals surface area contributed by atoms with Crippen molar-refractivity contribution >= 4 is 17.9 Å². The molecular weight excluding hydrogens is 438 g/mol. The van der Waals surface area contributed by atoms with E-state index in [4.69, 9.17) is 4.99 Å². The number of guanidine groups is 1. The second-order valence-electron chi connectivity index (χ2n) is 10.9. The van der Waals surface area contributed by atoms with Crippen LogP contribution in [0.4, 0.5) is 4.79 Å². The van der Waals surface area contributed by atoms with Crippen LogP contribution in [0.3, 0.4) is 0 Å². The Kier molecular flexibility index (Phi) is 12.2. The highest BCUT2D eigenvalue weighted by Gasteiger charge is 2.49. The minimum Gasteiger partial charge on any atom is -0.343 e. The number of carbonyl (C=O) groups is 2. The lowest BCUT2D eigenvalue weighted by molar-refractivity contribution is -0.127. The topological polar surface area (TPSA) is 68.2 Å². The molecule has 2 saturated heterocycles. The van der Waals surface area contributed by atoms with Crippen LogP contribution in [0.25, 0.3) is 0 Å². The largest absolute Gasteiger partial charge is 0.343 e. The standard InChI is InChI=1S/C28H51N5O2/c1-3-4-5-6-7-8-9-10-11-12-13-14-15-20-23-33-24-25(31(2)28(35)30-26(24)34)29-27(33)32-21-18-16-17-19-22-32/h24-25H,3-23H2,1-2H3,(H,30,34,35).